The second-order valence-corrected chi connectivity index (χ2v) is 6.08. The van der Waals surface area contributed by atoms with Crippen molar-refractivity contribution in [3.63, 3.8) is 0 Å². The number of aromatic amines is 1. The summed E-state index contributed by atoms with van der Waals surface area (Å²) < 4.78 is 1.00. The summed E-state index contributed by atoms with van der Waals surface area (Å²) in [6.07, 6.45) is 0. The van der Waals surface area contributed by atoms with Crippen LogP contribution in [0, 0.1) is 0 Å². The van der Waals surface area contributed by atoms with Gasteiger partial charge in [0.15, 0.2) is 0 Å². The molecule has 27 heavy (non-hydrogen) atoms. The maximum atomic E-state index is 12.8. The summed E-state index contributed by atoms with van der Waals surface area (Å²) in [6, 6.07) is 12.3. The molecule has 0 saturated heterocycles. The molecule has 0 unspecified atom stereocenters. The summed E-state index contributed by atoms with van der Waals surface area (Å²) in [5.41, 5.74) is -0.715. The van der Waals surface area contributed by atoms with Crippen LogP contribution in [0.15, 0.2) is 58.1 Å². The Bertz CT molecular complexity index is 1320. The molecule has 2 heterocycles. The van der Waals surface area contributed by atoms with Crippen molar-refractivity contribution in [3.8, 4) is 0 Å². The number of fused-ring (bicyclic) bond motifs is 2. The molecule has 1 atom stereocenters. The van der Waals surface area contributed by atoms with E-state index in [1.165, 1.54) is 12.1 Å². The summed E-state index contributed by atoms with van der Waals surface area (Å²) in [6.45, 7) is 1.61. The molecule has 0 saturated carbocycles. The number of aromatic nitrogens is 4. The topological polar surface area (TPSA) is 121 Å². The van der Waals surface area contributed by atoms with Crippen LogP contribution in [0.5, 0.6) is 0 Å². The van der Waals surface area contributed by atoms with Gasteiger partial charge in [-0.05, 0) is 25.1 Å². The lowest BCUT2D eigenvalue weighted by atomic mass is 10.1. The van der Waals surface area contributed by atoms with Crippen molar-refractivity contribution in [3.05, 3.63) is 80.8 Å². The maximum Gasteiger partial charge on any atom is 0.275 e. The minimum absolute atomic E-state index is 0.196. The zero-order chi connectivity index (χ0) is 19.1. The first-order valence-electron chi connectivity index (χ1n) is 8.19. The Labute approximate surface area is 151 Å². The van der Waals surface area contributed by atoms with Crippen LogP contribution in [0.4, 0.5) is 0 Å². The first-order chi connectivity index (χ1) is 13.0. The summed E-state index contributed by atoms with van der Waals surface area (Å²) >= 11 is 0. The molecule has 0 amide bonds. The smallest absolute Gasteiger partial charge is 0.275 e. The molecule has 0 aliphatic heterocycles. The fourth-order valence-corrected chi connectivity index (χ4v) is 3.04. The Morgan fingerprint density at radius 1 is 1.04 bits per heavy atom. The fourth-order valence-electron chi connectivity index (χ4n) is 3.04. The van der Waals surface area contributed by atoms with Gasteiger partial charge in [-0.15, -0.1) is 0 Å². The minimum atomic E-state index is -1.49. The number of carboxylic acid groups (broad SMARTS) is 1. The highest BCUT2D eigenvalue weighted by atomic mass is 16.4. The van der Waals surface area contributed by atoms with E-state index in [-0.39, 0.29) is 27.9 Å². The number of aromatic carboxylic acids is 1. The van der Waals surface area contributed by atoms with Crippen molar-refractivity contribution in [1.82, 2.24) is 19.7 Å². The molecule has 8 nitrogen and oxygen atoms in total. The van der Waals surface area contributed by atoms with E-state index >= 15 is 0 Å². The Balaban J connectivity index is 1.97. The molecule has 8 heteroatoms. The van der Waals surface area contributed by atoms with Crippen molar-refractivity contribution < 1.29 is 9.90 Å². The van der Waals surface area contributed by atoms with E-state index in [2.05, 4.69) is 15.1 Å². The molecule has 2 aromatic heterocycles. The molecule has 0 radical (unpaired) electrons. The second kappa shape index (κ2) is 6.17. The highest BCUT2D eigenvalue weighted by Crippen LogP contribution is 2.17. The molecular formula is C19H13N4O4-. The molecule has 4 aromatic rings. The van der Waals surface area contributed by atoms with Gasteiger partial charge in [-0.3, -0.25) is 9.59 Å². The van der Waals surface area contributed by atoms with Crippen molar-refractivity contribution >= 4 is 27.6 Å². The van der Waals surface area contributed by atoms with Crippen LogP contribution in [0.2, 0.25) is 0 Å². The first-order valence-corrected chi connectivity index (χ1v) is 8.19. The van der Waals surface area contributed by atoms with Crippen molar-refractivity contribution in [2.75, 3.05) is 0 Å². The highest BCUT2D eigenvalue weighted by Gasteiger charge is 2.19. The predicted octanol–water partition coefficient (Wildman–Crippen LogP) is 0.606. The van der Waals surface area contributed by atoms with E-state index in [4.69, 9.17) is 0 Å². The van der Waals surface area contributed by atoms with E-state index < -0.39 is 17.6 Å². The molecule has 0 spiro atoms. The number of hydrogen-bond acceptors (Lipinski definition) is 6. The van der Waals surface area contributed by atoms with Gasteiger partial charge in [0.05, 0.1) is 22.3 Å². The third-order valence-electron chi connectivity index (χ3n) is 4.42. The van der Waals surface area contributed by atoms with Crippen LogP contribution in [0.25, 0.3) is 21.7 Å². The molecule has 0 aliphatic carbocycles. The lowest BCUT2D eigenvalue weighted by molar-refractivity contribution is -0.255. The van der Waals surface area contributed by atoms with Gasteiger partial charge in [0.2, 0.25) is 0 Å². The van der Waals surface area contributed by atoms with Crippen molar-refractivity contribution in [1.29, 1.82) is 0 Å². The highest BCUT2D eigenvalue weighted by molar-refractivity contribution is 6.00. The number of carbonyl (C=O) groups excluding carboxylic acids is 1. The summed E-state index contributed by atoms with van der Waals surface area (Å²) in [7, 11) is 0. The number of carboxylic acids is 1. The van der Waals surface area contributed by atoms with E-state index in [0.29, 0.717) is 10.9 Å². The van der Waals surface area contributed by atoms with Crippen LogP contribution < -0.4 is 16.2 Å². The number of benzene rings is 2. The van der Waals surface area contributed by atoms with Crippen LogP contribution >= 0.6 is 0 Å². The number of hydrogen-bond donors (Lipinski definition) is 1. The van der Waals surface area contributed by atoms with Gasteiger partial charge in [0.25, 0.3) is 11.1 Å². The Morgan fingerprint density at radius 2 is 1.67 bits per heavy atom. The number of nitrogens with one attached hydrogen (secondary N) is 1. The zero-order valence-electron chi connectivity index (χ0n) is 14.2. The average molecular weight is 361 g/mol. The first kappa shape index (κ1) is 16.6. The van der Waals surface area contributed by atoms with Crippen molar-refractivity contribution in [2.45, 2.75) is 13.0 Å². The quantitative estimate of drug-likeness (QED) is 0.571. The lowest BCUT2D eigenvalue weighted by Gasteiger charge is -2.17. The average Bonchev–Trinajstić information content (AvgIpc) is 2.67. The second-order valence-electron chi connectivity index (χ2n) is 6.08. The Morgan fingerprint density at radius 3 is 2.37 bits per heavy atom. The van der Waals surface area contributed by atoms with Crippen LogP contribution in [-0.2, 0) is 0 Å². The molecule has 0 aliphatic rings. The van der Waals surface area contributed by atoms with Crippen molar-refractivity contribution in [2.24, 2.45) is 0 Å². The maximum absolute atomic E-state index is 12.8. The largest absolute Gasteiger partial charge is 0.543 e. The van der Waals surface area contributed by atoms with E-state index in [1.807, 2.05) is 0 Å². The van der Waals surface area contributed by atoms with Crippen LogP contribution in [0.3, 0.4) is 0 Å². The van der Waals surface area contributed by atoms with Crippen LogP contribution in [0.1, 0.15) is 29.3 Å². The molecule has 0 bridgehead atoms. The molecule has 1 N–H and O–H groups in total. The summed E-state index contributed by atoms with van der Waals surface area (Å²) in [5, 5.41) is 16.3. The van der Waals surface area contributed by atoms with Gasteiger partial charge in [-0.2, -0.15) is 5.10 Å². The van der Waals surface area contributed by atoms with Gasteiger partial charge in [0.1, 0.15) is 17.6 Å². The van der Waals surface area contributed by atoms with E-state index in [0.717, 1.165) is 4.68 Å². The minimum Gasteiger partial charge on any atom is -0.543 e. The zero-order valence-corrected chi connectivity index (χ0v) is 14.2. The van der Waals surface area contributed by atoms with Gasteiger partial charge >= 0.3 is 0 Å². The number of H-pyrrole nitrogens is 1. The van der Waals surface area contributed by atoms with E-state index in [9.17, 15) is 19.5 Å². The summed E-state index contributed by atoms with van der Waals surface area (Å²) in [5.74, 6) is -1.29. The van der Waals surface area contributed by atoms with Gasteiger partial charge < -0.3 is 14.9 Å². The number of carbonyl (C=O) groups is 1. The standard InChI is InChI=1S/C19H14N4O4/c1-10(16-20-14-9-5-4-8-13(14)17(24)21-16)23-18(25)12-7-3-2-6-11(12)15(22-23)19(26)27/h2-10H,1H3,(H,26,27)(H,20,21,24)/p-1/t10-/m0/s1. The normalized spacial score (nSPS) is 12.3. The molecule has 4 rings (SSSR count). The van der Waals surface area contributed by atoms with Gasteiger partial charge in [0, 0.05) is 5.39 Å². The Hall–Kier alpha value is -3.81. The molecule has 134 valence electrons. The number of para-hydroxylation sites is 1. The molecule has 2 aromatic carbocycles. The predicted molar refractivity (Wildman–Crippen MR) is 96.5 cm³/mol. The lowest BCUT2D eigenvalue weighted by Crippen LogP contribution is -2.33. The molecular weight excluding hydrogens is 348 g/mol. The Kier molecular flexibility index (Phi) is 3.80. The van der Waals surface area contributed by atoms with E-state index in [1.54, 1.807) is 43.3 Å². The third kappa shape index (κ3) is 2.67. The van der Waals surface area contributed by atoms with Gasteiger partial charge in [-0.1, -0.05) is 30.3 Å². The third-order valence-corrected chi connectivity index (χ3v) is 4.42. The monoisotopic (exact) mass is 361 g/mol. The van der Waals surface area contributed by atoms with Gasteiger partial charge in [-0.25, -0.2) is 9.67 Å². The number of nitrogens with zero attached hydrogens (tertiary/aromatic N) is 3. The SMILES string of the molecule is C[C@@H](c1nc2ccccc2c(=O)[nH]1)n1nc(C(=O)[O-])c2ccccc2c1=O. The van der Waals surface area contributed by atoms with Crippen LogP contribution in [-0.4, -0.2) is 25.7 Å². The summed E-state index contributed by atoms with van der Waals surface area (Å²) in [4.78, 5) is 43.7. The number of rotatable bonds is 3. The molecule has 0 fully saturated rings. The fraction of sp³-hybridized carbons (Fsp3) is 0.105.